The summed E-state index contributed by atoms with van der Waals surface area (Å²) in [6, 6.07) is 7.18. The monoisotopic (exact) mass is 432 g/mol. The smallest absolute Gasteiger partial charge is 0.379 e. The zero-order valence-electron chi connectivity index (χ0n) is 14.9. The first-order valence-electron chi connectivity index (χ1n) is 8.45. The van der Waals surface area contributed by atoms with Gasteiger partial charge in [-0.15, -0.1) is 0 Å². The molecule has 0 atom stereocenters. The molecule has 3 rings (SSSR count). The molecule has 0 aliphatic carbocycles. The van der Waals surface area contributed by atoms with Crippen LogP contribution in [0.3, 0.4) is 0 Å². The maximum Gasteiger partial charge on any atom is 0.419 e. The standard InChI is InChI=1S/C18H16F4N2O4S/c19-16-5-4-13(11-15(16)18(20,21)22)23-17(25)12-2-1-3-14(10-12)29(26,27)24-6-8-28-9-7-24/h1-5,10-11H,6-9H2,(H,23,25). The van der Waals surface area contributed by atoms with Gasteiger partial charge in [-0.25, -0.2) is 12.8 Å². The largest absolute Gasteiger partial charge is 0.419 e. The van der Waals surface area contributed by atoms with Gasteiger partial charge in [-0.1, -0.05) is 6.07 Å². The van der Waals surface area contributed by atoms with E-state index < -0.39 is 33.5 Å². The third-order valence-electron chi connectivity index (χ3n) is 4.23. The van der Waals surface area contributed by atoms with E-state index in [2.05, 4.69) is 5.32 Å². The van der Waals surface area contributed by atoms with E-state index >= 15 is 0 Å². The van der Waals surface area contributed by atoms with Crippen LogP contribution in [0.2, 0.25) is 0 Å². The molecule has 1 fully saturated rings. The fourth-order valence-electron chi connectivity index (χ4n) is 2.76. The molecular formula is C18H16F4N2O4S. The number of nitrogens with one attached hydrogen (secondary N) is 1. The second-order valence-electron chi connectivity index (χ2n) is 6.19. The predicted molar refractivity (Wildman–Crippen MR) is 95.4 cm³/mol. The molecule has 0 aromatic heterocycles. The number of hydrogen-bond acceptors (Lipinski definition) is 4. The molecule has 1 amide bonds. The minimum absolute atomic E-state index is 0.0720. The summed E-state index contributed by atoms with van der Waals surface area (Å²) in [5.41, 5.74) is -1.86. The van der Waals surface area contributed by atoms with Crippen molar-refractivity contribution in [2.75, 3.05) is 31.6 Å². The molecule has 1 aliphatic rings. The number of morpholine rings is 1. The normalized spacial score (nSPS) is 15.9. The van der Waals surface area contributed by atoms with Gasteiger partial charge in [0.05, 0.1) is 23.7 Å². The Morgan fingerprint density at radius 3 is 2.41 bits per heavy atom. The van der Waals surface area contributed by atoms with Gasteiger partial charge < -0.3 is 10.1 Å². The summed E-state index contributed by atoms with van der Waals surface area (Å²) in [6.45, 7) is 0.861. The molecule has 0 bridgehead atoms. The number of sulfonamides is 1. The van der Waals surface area contributed by atoms with Gasteiger partial charge in [0.2, 0.25) is 10.0 Å². The Labute approximate surface area is 164 Å². The van der Waals surface area contributed by atoms with Crippen molar-refractivity contribution in [3.8, 4) is 0 Å². The number of rotatable bonds is 4. The zero-order chi connectivity index (χ0) is 21.2. The van der Waals surface area contributed by atoms with E-state index in [9.17, 15) is 30.8 Å². The van der Waals surface area contributed by atoms with Crippen molar-refractivity contribution in [1.82, 2.24) is 4.31 Å². The fourth-order valence-corrected chi connectivity index (χ4v) is 4.21. The van der Waals surface area contributed by atoms with E-state index in [1.54, 1.807) is 0 Å². The lowest BCUT2D eigenvalue weighted by Crippen LogP contribution is -2.40. The Balaban J connectivity index is 1.83. The van der Waals surface area contributed by atoms with Gasteiger partial charge >= 0.3 is 6.18 Å². The van der Waals surface area contributed by atoms with E-state index in [1.807, 2.05) is 0 Å². The van der Waals surface area contributed by atoms with Crippen LogP contribution in [-0.2, 0) is 20.9 Å². The number of halogens is 4. The average molecular weight is 432 g/mol. The SMILES string of the molecule is O=C(Nc1ccc(F)c(C(F)(F)F)c1)c1cccc(S(=O)(=O)N2CCOCC2)c1. The van der Waals surface area contributed by atoms with Crippen molar-refractivity contribution in [2.24, 2.45) is 0 Å². The van der Waals surface area contributed by atoms with Gasteiger partial charge in [-0.3, -0.25) is 4.79 Å². The number of carbonyl (C=O) groups is 1. The summed E-state index contributed by atoms with van der Waals surface area (Å²) in [5.74, 6) is -2.29. The molecule has 29 heavy (non-hydrogen) atoms. The van der Waals surface area contributed by atoms with Gasteiger partial charge in [-0.05, 0) is 36.4 Å². The van der Waals surface area contributed by atoms with Crippen LogP contribution in [0, 0.1) is 5.82 Å². The second-order valence-corrected chi connectivity index (χ2v) is 8.13. The molecule has 2 aromatic carbocycles. The molecule has 156 valence electrons. The lowest BCUT2D eigenvalue weighted by Gasteiger charge is -2.26. The highest BCUT2D eigenvalue weighted by Crippen LogP contribution is 2.33. The molecule has 0 saturated carbocycles. The van der Waals surface area contributed by atoms with Crippen molar-refractivity contribution < 1.29 is 35.5 Å². The fraction of sp³-hybridized carbons (Fsp3) is 0.278. The summed E-state index contributed by atoms with van der Waals surface area (Å²) >= 11 is 0. The van der Waals surface area contributed by atoms with Crippen LogP contribution in [-0.4, -0.2) is 44.9 Å². The summed E-state index contributed by atoms with van der Waals surface area (Å²) in [7, 11) is -3.85. The molecule has 1 aliphatic heterocycles. The molecule has 1 saturated heterocycles. The molecule has 2 aromatic rings. The number of carbonyl (C=O) groups excluding carboxylic acids is 1. The van der Waals surface area contributed by atoms with Gasteiger partial charge in [0, 0.05) is 24.3 Å². The van der Waals surface area contributed by atoms with Gasteiger partial charge in [0.1, 0.15) is 5.82 Å². The zero-order valence-corrected chi connectivity index (χ0v) is 15.7. The Bertz CT molecular complexity index is 1020. The van der Waals surface area contributed by atoms with Crippen molar-refractivity contribution in [2.45, 2.75) is 11.1 Å². The number of amides is 1. The van der Waals surface area contributed by atoms with Crippen LogP contribution >= 0.6 is 0 Å². The third-order valence-corrected chi connectivity index (χ3v) is 6.13. The number of hydrogen-bond donors (Lipinski definition) is 1. The minimum Gasteiger partial charge on any atom is -0.379 e. The highest BCUT2D eigenvalue weighted by atomic mass is 32.2. The molecule has 0 unspecified atom stereocenters. The lowest BCUT2D eigenvalue weighted by molar-refractivity contribution is -0.139. The second kappa shape index (κ2) is 8.09. The Hall–Kier alpha value is -2.50. The van der Waals surface area contributed by atoms with Crippen molar-refractivity contribution in [3.63, 3.8) is 0 Å². The van der Waals surface area contributed by atoms with E-state index in [-0.39, 0.29) is 42.4 Å². The van der Waals surface area contributed by atoms with E-state index in [0.717, 1.165) is 12.1 Å². The number of anilines is 1. The Kier molecular flexibility index (Phi) is 5.92. The number of alkyl halides is 3. The van der Waals surface area contributed by atoms with Crippen molar-refractivity contribution in [3.05, 3.63) is 59.4 Å². The molecule has 6 nitrogen and oxygen atoms in total. The molecule has 0 spiro atoms. The quantitative estimate of drug-likeness (QED) is 0.754. The van der Waals surface area contributed by atoms with Crippen LogP contribution in [0.25, 0.3) is 0 Å². The topological polar surface area (TPSA) is 75.7 Å². The predicted octanol–water partition coefficient (Wildman–Crippen LogP) is 3.12. The van der Waals surface area contributed by atoms with Gasteiger partial charge in [0.25, 0.3) is 5.91 Å². The maximum absolute atomic E-state index is 13.4. The van der Waals surface area contributed by atoms with Crippen LogP contribution in [0.4, 0.5) is 23.2 Å². The summed E-state index contributed by atoms with van der Waals surface area (Å²) in [5, 5.41) is 2.22. The van der Waals surface area contributed by atoms with Gasteiger partial charge in [-0.2, -0.15) is 17.5 Å². The minimum atomic E-state index is -4.92. The Morgan fingerprint density at radius 2 is 1.76 bits per heavy atom. The van der Waals surface area contributed by atoms with Crippen LogP contribution in [0.5, 0.6) is 0 Å². The van der Waals surface area contributed by atoms with Crippen LogP contribution in [0.1, 0.15) is 15.9 Å². The van der Waals surface area contributed by atoms with E-state index in [4.69, 9.17) is 4.74 Å². The molecule has 11 heteroatoms. The highest BCUT2D eigenvalue weighted by Gasteiger charge is 2.34. The summed E-state index contributed by atoms with van der Waals surface area (Å²) < 4.78 is 83.5. The molecule has 1 N–H and O–H groups in total. The maximum atomic E-state index is 13.4. The Morgan fingerprint density at radius 1 is 1.07 bits per heavy atom. The number of nitrogens with zero attached hydrogens (tertiary/aromatic N) is 1. The third kappa shape index (κ3) is 4.74. The van der Waals surface area contributed by atoms with E-state index in [1.165, 1.54) is 22.5 Å². The van der Waals surface area contributed by atoms with Crippen molar-refractivity contribution >= 4 is 21.6 Å². The first kappa shape index (κ1) is 21.2. The molecule has 1 heterocycles. The average Bonchev–Trinajstić information content (AvgIpc) is 2.69. The van der Waals surface area contributed by atoms with E-state index in [0.29, 0.717) is 12.1 Å². The van der Waals surface area contributed by atoms with Crippen LogP contribution < -0.4 is 5.32 Å². The lowest BCUT2D eigenvalue weighted by atomic mass is 10.1. The number of ether oxygens (including phenoxy) is 1. The van der Waals surface area contributed by atoms with Crippen LogP contribution in [0.15, 0.2) is 47.4 Å². The summed E-state index contributed by atoms with van der Waals surface area (Å²) in [6.07, 6.45) is -4.92. The first-order chi connectivity index (χ1) is 13.6. The van der Waals surface area contributed by atoms with Gasteiger partial charge in [0.15, 0.2) is 0 Å². The first-order valence-corrected chi connectivity index (χ1v) is 9.89. The van der Waals surface area contributed by atoms with Crippen molar-refractivity contribution in [1.29, 1.82) is 0 Å². The summed E-state index contributed by atoms with van der Waals surface area (Å²) in [4.78, 5) is 12.3. The molecular weight excluding hydrogens is 416 g/mol. The highest BCUT2D eigenvalue weighted by molar-refractivity contribution is 7.89. The number of benzene rings is 2. The molecule has 0 radical (unpaired) electrons.